The maximum absolute atomic E-state index is 6.84. The lowest BCUT2D eigenvalue weighted by molar-refractivity contribution is 0.654. The standard InChI is InChI=1S/C45H26N2O/c1-2-11-27(12-3-1)29-19-21-32-37(25-29)45(35-17-7-6-15-31(35)40-30-14-5-4-13-28(30)20-22-36(40)45)38-26-34(39-18-8-9-23-46-39)41-33-16-10-24-47-44(33)48-43(41)42(32)38/h1-26H. The maximum Gasteiger partial charge on any atom is 0.227 e. The Morgan fingerprint density at radius 2 is 1.25 bits per heavy atom. The fraction of sp³-hybridized carbons (Fsp3) is 0.0222. The number of fused-ring (bicyclic) bond motifs is 16. The van der Waals surface area contributed by atoms with E-state index in [-0.39, 0.29) is 0 Å². The van der Waals surface area contributed by atoms with Crippen molar-refractivity contribution < 1.29 is 4.42 Å². The lowest BCUT2D eigenvalue weighted by Gasteiger charge is -2.31. The van der Waals surface area contributed by atoms with E-state index in [0.29, 0.717) is 5.71 Å². The Bertz CT molecular complexity index is 2780. The van der Waals surface area contributed by atoms with Crippen molar-refractivity contribution in [2.24, 2.45) is 0 Å². The van der Waals surface area contributed by atoms with E-state index < -0.39 is 5.41 Å². The second kappa shape index (κ2) is 9.37. The normalized spacial score (nSPS) is 15.6. The van der Waals surface area contributed by atoms with Gasteiger partial charge in [-0.25, -0.2) is 4.98 Å². The van der Waals surface area contributed by atoms with Crippen LogP contribution in [-0.4, -0.2) is 9.97 Å². The monoisotopic (exact) mass is 610 g/mol. The molecule has 2 aliphatic carbocycles. The summed E-state index contributed by atoms with van der Waals surface area (Å²) in [5, 5.41) is 4.56. The van der Waals surface area contributed by atoms with Gasteiger partial charge < -0.3 is 4.42 Å². The van der Waals surface area contributed by atoms with Gasteiger partial charge >= 0.3 is 0 Å². The van der Waals surface area contributed by atoms with Gasteiger partial charge in [0.15, 0.2) is 0 Å². The van der Waals surface area contributed by atoms with E-state index in [1.54, 1.807) is 0 Å². The molecule has 0 saturated carbocycles. The second-order valence-electron chi connectivity index (χ2n) is 12.9. The van der Waals surface area contributed by atoms with Crippen molar-refractivity contribution in [3.8, 4) is 44.6 Å². The molecule has 2 aliphatic rings. The molecule has 0 amide bonds. The topological polar surface area (TPSA) is 38.9 Å². The number of furan rings is 1. The summed E-state index contributed by atoms with van der Waals surface area (Å²) in [7, 11) is 0. The average molecular weight is 611 g/mol. The second-order valence-corrected chi connectivity index (χ2v) is 12.9. The zero-order valence-corrected chi connectivity index (χ0v) is 25.8. The van der Waals surface area contributed by atoms with Gasteiger partial charge in [0, 0.05) is 34.3 Å². The molecule has 0 radical (unpaired) electrons. The van der Waals surface area contributed by atoms with Crippen molar-refractivity contribution in [3.05, 3.63) is 180 Å². The van der Waals surface area contributed by atoms with Gasteiger partial charge in [-0.1, -0.05) is 109 Å². The summed E-state index contributed by atoms with van der Waals surface area (Å²) in [6.45, 7) is 0. The molecule has 6 aromatic carbocycles. The summed E-state index contributed by atoms with van der Waals surface area (Å²) in [6, 6.07) is 52.8. The molecular formula is C45H26N2O. The molecule has 1 atom stereocenters. The van der Waals surface area contributed by atoms with Crippen LogP contribution in [0.1, 0.15) is 22.3 Å². The number of benzene rings is 6. The largest absolute Gasteiger partial charge is 0.437 e. The van der Waals surface area contributed by atoms with E-state index in [9.17, 15) is 0 Å². The summed E-state index contributed by atoms with van der Waals surface area (Å²) in [4.78, 5) is 9.59. The van der Waals surface area contributed by atoms with Crippen molar-refractivity contribution in [2.45, 2.75) is 5.41 Å². The van der Waals surface area contributed by atoms with Gasteiger partial charge in [0.2, 0.25) is 5.71 Å². The van der Waals surface area contributed by atoms with Gasteiger partial charge in [0.25, 0.3) is 0 Å². The van der Waals surface area contributed by atoms with E-state index in [2.05, 4.69) is 133 Å². The molecule has 0 bridgehead atoms. The molecule has 9 aromatic rings. The fourth-order valence-corrected chi connectivity index (χ4v) is 8.73. The Labute approximate surface area is 276 Å². The first-order chi connectivity index (χ1) is 23.8. The first-order valence-electron chi connectivity index (χ1n) is 16.4. The van der Waals surface area contributed by atoms with E-state index in [0.717, 1.165) is 33.2 Å². The van der Waals surface area contributed by atoms with Crippen LogP contribution in [0.5, 0.6) is 0 Å². The van der Waals surface area contributed by atoms with Crippen LogP contribution in [0, 0.1) is 0 Å². The number of hydrogen-bond donors (Lipinski definition) is 0. The molecule has 3 heteroatoms. The minimum atomic E-state index is -0.574. The van der Waals surface area contributed by atoms with Gasteiger partial charge in [-0.15, -0.1) is 0 Å². The maximum atomic E-state index is 6.84. The van der Waals surface area contributed by atoms with Crippen molar-refractivity contribution in [2.75, 3.05) is 0 Å². The van der Waals surface area contributed by atoms with Gasteiger partial charge in [0.1, 0.15) is 5.58 Å². The Balaban J connectivity index is 1.37. The first kappa shape index (κ1) is 25.8. The van der Waals surface area contributed by atoms with Crippen LogP contribution in [0.2, 0.25) is 0 Å². The van der Waals surface area contributed by atoms with Crippen LogP contribution < -0.4 is 0 Å². The molecule has 48 heavy (non-hydrogen) atoms. The minimum Gasteiger partial charge on any atom is -0.437 e. The van der Waals surface area contributed by atoms with Crippen LogP contribution in [0.3, 0.4) is 0 Å². The molecule has 222 valence electrons. The molecule has 0 N–H and O–H groups in total. The SMILES string of the molecule is c1ccc(-c2ccc3c(c2)C2(c4ccccc4-c4c2ccc2ccccc42)c2cc(-c4ccccn4)c4c(oc5ncccc54)c2-3)cc1. The van der Waals surface area contributed by atoms with Crippen LogP contribution in [0.15, 0.2) is 162 Å². The lowest BCUT2D eigenvalue weighted by atomic mass is 9.69. The molecule has 3 nitrogen and oxygen atoms in total. The number of hydrogen-bond acceptors (Lipinski definition) is 3. The molecule has 11 rings (SSSR count). The minimum absolute atomic E-state index is 0.574. The summed E-state index contributed by atoms with van der Waals surface area (Å²) in [5.41, 5.74) is 15.3. The quantitative estimate of drug-likeness (QED) is 0.195. The smallest absolute Gasteiger partial charge is 0.227 e. The number of rotatable bonds is 2. The van der Waals surface area contributed by atoms with E-state index >= 15 is 0 Å². The van der Waals surface area contributed by atoms with E-state index in [1.807, 2.05) is 24.5 Å². The van der Waals surface area contributed by atoms with Gasteiger partial charge in [-0.3, -0.25) is 4.98 Å². The molecule has 3 aromatic heterocycles. The van der Waals surface area contributed by atoms with Crippen LogP contribution in [-0.2, 0) is 5.41 Å². The van der Waals surface area contributed by atoms with Crippen LogP contribution in [0.4, 0.5) is 0 Å². The summed E-state index contributed by atoms with van der Waals surface area (Å²) < 4.78 is 6.84. The van der Waals surface area contributed by atoms with Crippen LogP contribution >= 0.6 is 0 Å². The molecule has 1 unspecified atom stereocenters. The highest BCUT2D eigenvalue weighted by molar-refractivity contribution is 6.18. The fourth-order valence-electron chi connectivity index (χ4n) is 8.73. The van der Waals surface area contributed by atoms with Crippen molar-refractivity contribution in [1.82, 2.24) is 9.97 Å². The van der Waals surface area contributed by atoms with E-state index in [4.69, 9.17) is 14.4 Å². The Hall–Kier alpha value is -6.32. The summed E-state index contributed by atoms with van der Waals surface area (Å²) >= 11 is 0. The zero-order valence-electron chi connectivity index (χ0n) is 25.8. The predicted molar refractivity (Wildman–Crippen MR) is 194 cm³/mol. The third-order valence-corrected chi connectivity index (χ3v) is 10.6. The van der Waals surface area contributed by atoms with Crippen molar-refractivity contribution >= 4 is 32.8 Å². The number of pyridine rings is 2. The third-order valence-electron chi connectivity index (χ3n) is 10.6. The lowest BCUT2D eigenvalue weighted by Crippen LogP contribution is -2.26. The molecular weight excluding hydrogens is 585 g/mol. The summed E-state index contributed by atoms with van der Waals surface area (Å²) in [5.74, 6) is 0. The molecule has 3 heterocycles. The molecule has 0 saturated heterocycles. The molecule has 0 aliphatic heterocycles. The Morgan fingerprint density at radius 3 is 2.17 bits per heavy atom. The predicted octanol–water partition coefficient (Wildman–Crippen LogP) is 11.2. The number of nitrogens with zero attached hydrogens (tertiary/aromatic N) is 2. The highest BCUT2D eigenvalue weighted by Gasteiger charge is 2.53. The highest BCUT2D eigenvalue weighted by atomic mass is 16.3. The van der Waals surface area contributed by atoms with Crippen LogP contribution in [0.25, 0.3) is 77.5 Å². The zero-order chi connectivity index (χ0) is 31.4. The average Bonchev–Trinajstić information content (AvgIpc) is 3.79. The van der Waals surface area contributed by atoms with Gasteiger partial charge in [-0.05, 0) is 97.2 Å². The number of aromatic nitrogens is 2. The van der Waals surface area contributed by atoms with Crippen molar-refractivity contribution in [3.63, 3.8) is 0 Å². The van der Waals surface area contributed by atoms with E-state index in [1.165, 1.54) is 60.8 Å². The highest BCUT2D eigenvalue weighted by Crippen LogP contribution is 2.66. The van der Waals surface area contributed by atoms with Gasteiger partial charge in [0.05, 0.1) is 11.1 Å². The van der Waals surface area contributed by atoms with Gasteiger partial charge in [-0.2, -0.15) is 0 Å². The first-order valence-corrected chi connectivity index (χ1v) is 16.4. The molecule has 0 fully saturated rings. The Morgan fingerprint density at radius 1 is 0.458 bits per heavy atom. The molecule has 1 spiro atoms. The summed E-state index contributed by atoms with van der Waals surface area (Å²) in [6.07, 6.45) is 3.68. The third kappa shape index (κ3) is 3.18. The van der Waals surface area contributed by atoms with Crippen molar-refractivity contribution in [1.29, 1.82) is 0 Å². The Kier molecular flexibility index (Phi) is 5.04.